The number of aryl methyl sites for hydroxylation is 1. The van der Waals surface area contributed by atoms with Gasteiger partial charge in [-0.25, -0.2) is 8.42 Å². The van der Waals surface area contributed by atoms with Gasteiger partial charge in [0.2, 0.25) is 0 Å². The van der Waals surface area contributed by atoms with E-state index in [0.29, 0.717) is 11.7 Å². The van der Waals surface area contributed by atoms with E-state index in [1.54, 1.807) is 6.08 Å². The predicted molar refractivity (Wildman–Crippen MR) is 94.0 cm³/mol. The van der Waals surface area contributed by atoms with Crippen LogP contribution in [0.1, 0.15) is 12.5 Å². The van der Waals surface area contributed by atoms with Crippen LogP contribution in [0.3, 0.4) is 0 Å². The number of rotatable bonds is 4. The van der Waals surface area contributed by atoms with Gasteiger partial charge in [-0.3, -0.25) is 0 Å². The number of sulfone groups is 1. The molecule has 22 heavy (non-hydrogen) atoms. The molecule has 0 aromatic heterocycles. The fourth-order valence-electron chi connectivity index (χ4n) is 3.32. The molecular formula is C16H20N2O2S2. The lowest BCUT2D eigenvalue weighted by atomic mass is 10.1. The summed E-state index contributed by atoms with van der Waals surface area (Å²) in [6.07, 6.45) is 2.76. The van der Waals surface area contributed by atoms with Gasteiger partial charge in [-0.1, -0.05) is 25.1 Å². The van der Waals surface area contributed by atoms with Gasteiger partial charge in [-0.05, 0) is 36.3 Å². The van der Waals surface area contributed by atoms with Gasteiger partial charge in [-0.2, -0.15) is 0 Å². The van der Waals surface area contributed by atoms with Crippen LogP contribution in [0.25, 0.3) is 0 Å². The standard InChI is InChI=1S/C16H20N2O2S2/c1-3-9-17-14-10-22(19,20)11-15(14)18(16(17)21)13-7-5-12(4-2)6-8-13/h3,5-8,14-15H,1,4,9-11H2,2H3/t14-,15+/m0/s1. The number of nitrogens with zero attached hydrogens (tertiary/aromatic N) is 2. The summed E-state index contributed by atoms with van der Waals surface area (Å²) in [5.41, 5.74) is 2.23. The highest BCUT2D eigenvalue weighted by molar-refractivity contribution is 7.91. The van der Waals surface area contributed by atoms with Crippen molar-refractivity contribution < 1.29 is 8.42 Å². The molecule has 0 aliphatic carbocycles. The Balaban J connectivity index is 1.98. The van der Waals surface area contributed by atoms with E-state index in [4.69, 9.17) is 12.2 Å². The van der Waals surface area contributed by atoms with Crippen molar-refractivity contribution >= 4 is 32.9 Å². The number of anilines is 1. The number of hydrogen-bond donors (Lipinski definition) is 0. The van der Waals surface area contributed by atoms with E-state index in [2.05, 4.69) is 25.6 Å². The molecule has 0 bridgehead atoms. The van der Waals surface area contributed by atoms with Gasteiger partial charge in [0.25, 0.3) is 0 Å². The fourth-order valence-corrected chi connectivity index (χ4v) is 5.72. The molecular weight excluding hydrogens is 316 g/mol. The average Bonchev–Trinajstić information content (AvgIpc) is 2.91. The summed E-state index contributed by atoms with van der Waals surface area (Å²) in [5, 5.41) is 0.703. The van der Waals surface area contributed by atoms with Crippen LogP contribution < -0.4 is 4.90 Å². The lowest BCUT2D eigenvalue weighted by molar-refractivity contribution is 0.389. The van der Waals surface area contributed by atoms with E-state index in [0.717, 1.165) is 12.1 Å². The van der Waals surface area contributed by atoms with Crippen LogP contribution in [0.15, 0.2) is 36.9 Å². The summed E-state index contributed by atoms with van der Waals surface area (Å²) in [4.78, 5) is 4.00. The Morgan fingerprint density at radius 2 is 1.91 bits per heavy atom. The molecule has 0 unspecified atom stereocenters. The predicted octanol–water partition coefficient (Wildman–Crippen LogP) is 2.01. The zero-order valence-electron chi connectivity index (χ0n) is 12.6. The fraction of sp³-hybridized carbons (Fsp3) is 0.438. The maximum Gasteiger partial charge on any atom is 0.177 e. The first kappa shape index (κ1) is 15.5. The summed E-state index contributed by atoms with van der Waals surface area (Å²) < 4.78 is 24.1. The minimum Gasteiger partial charge on any atom is -0.339 e. The van der Waals surface area contributed by atoms with Crippen LogP contribution in [0, 0.1) is 0 Å². The first-order valence-corrected chi connectivity index (χ1v) is 9.70. The largest absolute Gasteiger partial charge is 0.339 e. The molecule has 2 aliphatic rings. The smallest absolute Gasteiger partial charge is 0.177 e. The molecule has 2 fully saturated rings. The van der Waals surface area contributed by atoms with Crippen LogP contribution in [0.4, 0.5) is 5.69 Å². The number of hydrogen-bond acceptors (Lipinski definition) is 3. The second-order valence-electron chi connectivity index (χ2n) is 5.83. The Kier molecular flexibility index (Phi) is 3.99. The average molecular weight is 336 g/mol. The quantitative estimate of drug-likeness (QED) is 0.621. The van der Waals surface area contributed by atoms with Crippen LogP contribution in [0.5, 0.6) is 0 Å². The Morgan fingerprint density at radius 1 is 1.27 bits per heavy atom. The van der Waals surface area contributed by atoms with Crippen molar-refractivity contribution in [1.82, 2.24) is 4.90 Å². The van der Waals surface area contributed by atoms with Gasteiger partial charge in [0.15, 0.2) is 14.9 Å². The Bertz CT molecular complexity index is 697. The summed E-state index contributed by atoms with van der Waals surface area (Å²) in [5.74, 6) is 0.343. The monoisotopic (exact) mass is 336 g/mol. The van der Waals surface area contributed by atoms with E-state index in [1.165, 1.54) is 5.56 Å². The maximum absolute atomic E-state index is 12.1. The third kappa shape index (κ3) is 2.54. The second-order valence-corrected chi connectivity index (χ2v) is 8.34. The van der Waals surface area contributed by atoms with Crippen LogP contribution in [-0.2, 0) is 16.3 Å². The summed E-state index contributed by atoms with van der Waals surface area (Å²) in [6.45, 7) is 6.45. The second kappa shape index (κ2) is 5.66. The van der Waals surface area contributed by atoms with Crippen molar-refractivity contribution in [2.75, 3.05) is 23.0 Å². The van der Waals surface area contributed by atoms with Gasteiger partial charge in [0.05, 0.1) is 23.6 Å². The first-order chi connectivity index (χ1) is 10.5. The molecule has 6 heteroatoms. The molecule has 2 heterocycles. The third-order valence-electron chi connectivity index (χ3n) is 4.43. The molecule has 1 aromatic carbocycles. The SMILES string of the molecule is C=CCN1C(=S)N(c2ccc(CC)cc2)[C@@H]2CS(=O)(=O)C[C@@H]21. The number of benzene rings is 1. The molecule has 2 aliphatic heterocycles. The molecule has 2 saturated heterocycles. The van der Waals surface area contributed by atoms with E-state index in [9.17, 15) is 8.42 Å². The van der Waals surface area contributed by atoms with Crippen molar-refractivity contribution in [3.63, 3.8) is 0 Å². The molecule has 0 amide bonds. The highest BCUT2D eigenvalue weighted by Crippen LogP contribution is 2.35. The number of fused-ring (bicyclic) bond motifs is 1. The topological polar surface area (TPSA) is 40.6 Å². The summed E-state index contributed by atoms with van der Waals surface area (Å²) >= 11 is 5.61. The van der Waals surface area contributed by atoms with Gasteiger partial charge >= 0.3 is 0 Å². The molecule has 1 aromatic rings. The normalized spacial score (nSPS) is 26.3. The molecule has 0 saturated carbocycles. The van der Waals surface area contributed by atoms with E-state index < -0.39 is 9.84 Å². The lowest BCUT2D eigenvalue weighted by Gasteiger charge is -2.25. The summed E-state index contributed by atoms with van der Waals surface area (Å²) in [6, 6.07) is 8.06. The molecule has 0 spiro atoms. The molecule has 3 rings (SSSR count). The van der Waals surface area contributed by atoms with Gasteiger partial charge in [0, 0.05) is 12.2 Å². The Labute approximate surface area is 137 Å². The molecule has 0 radical (unpaired) electrons. The third-order valence-corrected chi connectivity index (χ3v) is 6.56. The van der Waals surface area contributed by atoms with Crippen LogP contribution in [-0.4, -0.2) is 48.6 Å². The van der Waals surface area contributed by atoms with Crippen molar-refractivity contribution in [2.45, 2.75) is 25.4 Å². The number of thiocarbonyl (C=S) groups is 1. The minimum absolute atomic E-state index is 0.0682. The van der Waals surface area contributed by atoms with Gasteiger partial charge in [0.1, 0.15) is 0 Å². The summed E-state index contributed by atoms with van der Waals surface area (Å²) in [7, 11) is -3.01. The van der Waals surface area contributed by atoms with Crippen LogP contribution >= 0.6 is 12.2 Å². The van der Waals surface area contributed by atoms with Crippen molar-refractivity contribution in [2.24, 2.45) is 0 Å². The highest BCUT2D eigenvalue weighted by Gasteiger charge is 2.51. The zero-order chi connectivity index (χ0) is 15.9. The van der Waals surface area contributed by atoms with Gasteiger partial charge in [-0.15, -0.1) is 6.58 Å². The molecule has 2 atom stereocenters. The highest BCUT2D eigenvalue weighted by atomic mass is 32.2. The molecule has 118 valence electrons. The molecule has 0 N–H and O–H groups in total. The minimum atomic E-state index is -3.01. The Hall–Kier alpha value is -1.40. The Morgan fingerprint density at radius 3 is 2.50 bits per heavy atom. The maximum atomic E-state index is 12.1. The van der Waals surface area contributed by atoms with E-state index in [1.807, 2.05) is 21.9 Å². The van der Waals surface area contributed by atoms with Crippen molar-refractivity contribution in [3.8, 4) is 0 Å². The van der Waals surface area contributed by atoms with Crippen molar-refractivity contribution in [3.05, 3.63) is 42.5 Å². The first-order valence-electron chi connectivity index (χ1n) is 7.47. The zero-order valence-corrected chi connectivity index (χ0v) is 14.2. The molecule has 4 nitrogen and oxygen atoms in total. The van der Waals surface area contributed by atoms with E-state index in [-0.39, 0.29) is 23.6 Å². The van der Waals surface area contributed by atoms with Gasteiger partial charge < -0.3 is 9.80 Å². The van der Waals surface area contributed by atoms with Crippen molar-refractivity contribution in [1.29, 1.82) is 0 Å². The van der Waals surface area contributed by atoms with E-state index >= 15 is 0 Å². The van der Waals surface area contributed by atoms with Crippen LogP contribution in [0.2, 0.25) is 0 Å². The lowest BCUT2D eigenvalue weighted by Crippen LogP contribution is -2.37.